The van der Waals surface area contributed by atoms with Gasteiger partial charge in [-0.3, -0.25) is 14.3 Å². The number of carbonyl (C=O) groups excluding carboxylic acids is 2. The Kier molecular flexibility index (Phi) is 5.34. The highest BCUT2D eigenvalue weighted by Crippen LogP contribution is 2.30. The topological polar surface area (TPSA) is 117 Å². The lowest BCUT2D eigenvalue weighted by Crippen LogP contribution is -2.17. The smallest absolute Gasteiger partial charge is 0.263 e. The fourth-order valence-corrected chi connectivity index (χ4v) is 4.74. The highest BCUT2D eigenvalue weighted by atomic mass is 32.2. The number of anilines is 3. The summed E-state index contributed by atoms with van der Waals surface area (Å²) in [6, 6.07) is 9.68. The van der Waals surface area contributed by atoms with Crippen LogP contribution in [-0.4, -0.2) is 25.2 Å². The molecule has 10 heteroatoms. The van der Waals surface area contributed by atoms with E-state index >= 15 is 0 Å². The van der Waals surface area contributed by atoms with E-state index in [4.69, 9.17) is 0 Å². The monoisotopic (exact) mass is 418 g/mol. The summed E-state index contributed by atoms with van der Waals surface area (Å²) in [4.78, 5) is 26.8. The molecule has 0 aliphatic heterocycles. The summed E-state index contributed by atoms with van der Waals surface area (Å²) in [6.07, 6.45) is 0. The first-order valence-electron chi connectivity index (χ1n) is 8.23. The molecule has 2 aromatic carbocycles. The zero-order valence-corrected chi connectivity index (χ0v) is 17.0. The van der Waals surface area contributed by atoms with Gasteiger partial charge in [-0.1, -0.05) is 17.4 Å². The molecule has 1 heterocycles. The Hall–Kier alpha value is -2.98. The number of hydrogen-bond acceptors (Lipinski definition) is 6. The summed E-state index contributed by atoms with van der Waals surface area (Å²) in [5.74, 6) is -0.598. The van der Waals surface area contributed by atoms with E-state index in [9.17, 15) is 18.0 Å². The molecule has 0 spiro atoms. The number of fused-ring (bicyclic) bond motifs is 1. The van der Waals surface area contributed by atoms with Crippen LogP contribution >= 0.6 is 11.3 Å². The standard InChI is InChI=1S/C18H18N4O4S2/c1-10-4-6-14(19-11(2)23)17(8-10)28(25,26)22-13-5-7-16-15(9-13)21-18(27-16)20-12(3)24/h4-9,22H,1-3H3,(H,19,23)(H,20,21,24). The third-order valence-corrected chi connectivity index (χ3v) is 6.03. The molecule has 3 N–H and O–H groups in total. The average Bonchev–Trinajstić information content (AvgIpc) is 2.96. The van der Waals surface area contributed by atoms with Crippen molar-refractivity contribution in [2.24, 2.45) is 0 Å². The molecule has 8 nitrogen and oxygen atoms in total. The van der Waals surface area contributed by atoms with E-state index in [0.717, 1.165) is 10.3 Å². The van der Waals surface area contributed by atoms with E-state index in [2.05, 4.69) is 20.3 Å². The number of amides is 2. The summed E-state index contributed by atoms with van der Waals surface area (Å²) in [5, 5.41) is 5.58. The van der Waals surface area contributed by atoms with Crippen molar-refractivity contribution in [3.63, 3.8) is 0 Å². The Morgan fingerprint density at radius 2 is 1.71 bits per heavy atom. The largest absolute Gasteiger partial charge is 0.325 e. The van der Waals surface area contributed by atoms with Crippen LogP contribution in [0.5, 0.6) is 0 Å². The maximum absolute atomic E-state index is 12.9. The minimum Gasteiger partial charge on any atom is -0.325 e. The molecule has 1 aromatic heterocycles. The number of nitrogens with zero attached hydrogens (tertiary/aromatic N) is 1. The van der Waals surface area contributed by atoms with Crippen LogP contribution in [0.3, 0.4) is 0 Å². The molecule has 146 valence electrons. The molecule has 0 saturated heterocycles. The van der Waals surface area contributed by atoms with E-state index in [0.29, 0.717) is 16.3 Å². The van der Waals surface area contributed by atoms with Crippen molar-refractivity contribution < 1.29 is 18.0 Å². The van der Waals surface area contributed by atoms with Crippen molar-refractivity contribution in [1.29, 1.82) is 0 Å². The number of sulfonamides is 1. The van der Waals surface area contributed by atoms with Crippen LogP contribution < -0.4 is 15.4 Å². The van der Waals surface area contributed by atoms with Gasteiger partial charge in [-0.25, -0.2) is 13.4 Å². The molecule has 0 saturated carbocycles. The van der Waals surface area contributed by atoms with Gasteiger partial charge in [0.15, 0.2) is 5.13 Å². The molecule has 0 radical (unpaired) electrons. The molecule has 0 aliphatic rings. The van der Waals surface area contributed by atoms with E-state index in [1.165, 1.54) is 31.3 Å². The predicted octanol–water partition coefficient (Wildman–Crippen LogP) is 3.32. The second-order valence-electron chi connectivity index (χ2n) is 6.17. The van der Waals surface area contributed by atoms with Crippen molar-refractivity contribution in [2.75, 3.05) is 15.4 Å². The number of hydrogen-bond donors (Lipinski definition) is 3. The number of aryl methyl sites for hydroxylation is 1. The number of benzene rings is 2. The van der Waals surface area contributed by atoms with Crippen molar-refractivity contribution in [3.8, 4) is 0 Å². The van der Waals surface area contributed by atoms with Crippen molar-refractivity contribution in [1.82, 2.24) is 4.98 Å². The molecule has 3 rings (SSSR count). The SMILES string of the molecule is CC(=O)Nc1nc2cc(NS(=O)(=O)c3cc(C)ccc3NC(C)=O)ccc2s1. The lowest BCUT2D eigenvalue weighted by atomic mass is 10.2. The molecule has 0 aliphatic carbocycles. The Morgan fingerprint density at radius 3 is 2.39 bits per heavy atom. The Balaban J connectivity index is 1.95. The molecule has 0 bridgehead atoms. The summed E-state index contributed by atoms with van der Waals surface area (Å²) >= 11 is 1.29. The Bertz CT molecular complexity index is 1190. The molecular weight excluding hydrogens is 400 g/mol. The van der Waals surface area contributed by atoms with Crippen LogP contribution in [0.4, 0.5) is 16.5 Å². The zero-order valence-electron chi connectivity index (χ0n) is 15.4. The lowest BCUT2D eigenvalue weighted by molar-refractivity contribution is -0.115. The minimum absolute atomic E-state index is 0.0278. The van der Waals surface area contributed by atoms with Crippen LogP contribution in [0.25, 0.3) is 10.2 Å². The summed E-state index contributed by atoms with van der Waals surface area (Å²) in [6.45, 7) is 4.47. The van der Waals surface area contributed by atoms with Gasteiger partial charge in [0.05, 0.1) is 21.6 Å². The number of thiazole rings is 1. The second-order valence-corrected chi connectivity index (χ2v) is 8.85. The van der Waals surface area contributed by atoms with E-state index < -0.39 is 10.0 Å². The summed E-state index contributed by atoms with van der Waals surface area (Å²) in [5.41, 5.74) is 1.82. The Morgan fingerprint density at radius 1 is 1.00 bits per heavy atom. The number of aromatic nitrogens is 1. The third kappa shape index (κ3) is 4.46. The molecule has 3 aromatic rings. The molecule has 2 amide bonds. The maximum Gasteiger partial charge on any atom is 0.263 e. The van der Waals surface area contributed by atoms with Gasteiger partial charge in [0.25, 0.3) is 10.0 Å². The molecule has 0 fully saturated rings. The average molecular weight is 419 g/mol. The van der Waals surface area contributed by atoms with Gasteiger partial charge in [-0.05, 0) is 42.8 Å². The van der Waals surface area contributed by atoms with Gasteiger partial charge in [0.1, 0.15) is 4.90 Å². The number of carbonyl (C=O) groups is 2. The van der Waals surface area contributed by atoms with Crippen molar-refractivity contribution in [3.05, 3.63) is 42.0 Å². The highest BCUT2D eigenvalue weighted by molar-refractivity contribution is 7.92. The van der Waals surface area contributed by atoms with Gasteiger partial charge in [0, 0.05) is 13.8 Å². The van der Waals surface area contributed by atoms with E-state index in [-0.39, 0.29) is 22.4 Å². The van der Waals surface area contributed by atoms with Crippen LogP contribution in [0.15, 0.2) is 41.3 Å². The van der Waals surface area contributed by atoms with Crippen molar-refractivity contribution in [2.45, 2.75) is 25.7 Å². The number of rotatable bonds is 5. The van der Waals surface area contributed by atoms with Crippen LogP contribution in [0.1, 0.15) is 19.4 Å². The van der Waals surface area contributed by atoms with Crippen molar-refractivity contribution >= 4 is 59.9 Å². The first-order chi connectivity index (χ1) is 13.1. The molecule has 0 unspecified atom stereocenters. The lowest BCUT2D eigenvalue weighted by Gasteiger charge is -2.13. The molecular formula is C18H18N4O4S2. The quantitative estimate of drug-likeness (QED) is 0.588. The summed E-state index contributed by atoms with van der Waals surface area (Å²) < 4.78 is 29.1. The Labute approximate surface area is 166 Å². The minimum atomic E-state index is -3.95. The van der Waals surface area contributed by atoms with Gasteiger partial charge in [-0.15, -0.1) is 0 Å². The fourth-order valence-electron chi connectivity index (χ4n) is 2.55. The molecule has 28 heavy (non-hydrogen) atoms. The normalized spacial score (nSPS) is 11.2. The first-order valence-corrected chi connectivity index (χ1v) is 10.5. The predicted molar refractivity (Wildman–Crippen MR) is 110 cm³/mol. The highest BCUT2D eigenvalue weighted by Gasteiger charge is 2.20. The van der Waals surface area contributed by atoms with Gasteiger partial charge >= 0.3 is 0 Å². The van der Waals surface area contributed by atoms with Crippen LogP contribution in [0.2, 0.25) is 0 Å². The van der Waals surface area contributed by atoms with Gasteiger partial charge in [-0.2, -0.15) is 0 Å². The summed E-state index contributed by atoms with van der Waals surface area (Å²) in [7, 11) is -3.95. The van der Waals surface area contributed by atoms with Gasteiger partial charge < -0.3 is 10.6 Å². The first kappa shape index (κ1) is 19.8. The van der Waals surface area contributed by atoms with Gasteiger partial charge in [0.2, 0.25) is 11.8 Å². The second kappa shape index (κ2) is 7.56. The molecule has 0 atom stereocenters. The van der Waals surface area contributed by atoms with E-state index in [1.807, 2.05) is 0 Å². The zero-order chi connectivity index (χ0) is 20.5. The van der Waals surface area contributed by atoms with Crippen LogP contribution in [0, 0.1) is 6.92 Å². The maximum atomic E-state index is 12.9. The number of nitrogens with one attached hydrogen (secondary N) is 3. The van der Waals surface area contributed by atoms with E-state index in [1.54, 1.807) is 37.3 Å². The fraction of sp³-hybridized carbons (Fsp3) is 0.167. The van der Waals surface area contributed by atoms with Crippen LogP contribution in [-0.2, 0) is 19.6 Å². The third-order valence-electron chi connectivity index (χ3n) is 3.66.